The van der Waals surface area contributed by atoms with Crippen molar-refractivity contribution in [2.75, 3.05) is 13.2 Å². The molecule has 1 aromatic carbocycles. The van der Waals surface area contributed by atoms with Crippen LogP contribution in [0.4, 0.5) is 4.39 Å². The molecular weight excluding hydrogens is 311 g/mol. The minimum Gasteiger partial charge on any atom is -0.491 e. The molecule has 0 aliphatic heterocycles. The minimum atomic E-state index is -0.494. The third-order valence-corrected chi connectivity index (χ3v) is 3.49. The van der Waals surface area contributed by atoms with Crippen LogP contribution in [0.3, 0.4) is 0 Å². The molecule has 0 radical (unpaired) electrons. The van der Waals surface area contributed by atoms with E-state index < -0.39 is 11.7 Å². The van der Waals surface area contributed by atoms with Crippen LogP contribution in [0.5, 0.6) is 5.75 Å². The lowest BCUT2D eigenvalue weighted by molar-refractivity contribution is 0.0931. The molecular formula is C17H23FN4O2. The van der Waals surface area contributed by atoms with E-state index >= 15 is 0 Å². The minimum absolute atomic E-state index is 0.156. The maximum atomic E-state index is 13.5. The van der Waals surface area contributed by atoms with Crippen LogP contribution in [0.1, 0.15) is 28.7 Å². The van der Waals surface area contributed by atoms with Crippen molar-refractivity contribution in [1.82, 2.24) is 15.1 Å². The Bertz CT molecular complexity index is 715. The number of carbonyl (C=O) groups excluding carboxylic acids is 1. The van der Waals surface area contributed by atoms with Crippen LogP contribution in [-0.2, 0) is 6.54 Å². The average molecular weight is 334 g/mol. The maximum absolute atomic E-state index is 13.5. The Hall–Kier alpha value is -2.41. The van der Waals surface area contributed by atoms with Gasteiger partial charge in [0.05, 0.1) is 17.8 Å². The maximum Gasteiger partial charge on any atom is 0.255 e. The smallest absolute Gasteiger partial charge is 0.255 e. The summed E-state index contributed by atoms with van der Waals surface area (Å²) in [6.45, 7) is 6.84. The zero-order valence-electron chi connectivity index (χ0n) is 14.2. The predicted octanol–water partition coefficient (Wildman–Crippen LogP) is 1.80. The van der Waals surface area contributed by atoms with Crippen LogP contribution in [-0.4, -0.2) is 34.9 Å². The summed E-state index contributed by atoms with van der Waals surface area (Å²) < 4.78 is 20.7. The molecule has 2 aromatic rings. The van der Waals surface area contributed by atoms with Crippen molar-refractivity contribution in [3.63, 3.8) is 0 Å². The van der Waals surface area contributed by atoms with E-state index in [1.807, 2.05) is 31.5 Å². The molecule has 0 spiro atoms. The molecule has 0 aliphatic carbocycles. The molecule has 7 heteroatoms. The lowest BCUT2D eigenvalue weighted by Crippen LogP contribution is -2.36. The van der Waals surface area contributed by atoms with E-state index in [9.17, 15) is 9.18 Å². The van der Waals surface area contributed by atoms with Gasteiger partial charge in [-0.15, -0.1) is 0 Å². The third kappa shape index (κ3) is 4.55. The van der Waals surface area contributed by atoms with Crippen molar-refractivity contribution in [2.24, 2.45) is 5.73 Å². The van der Waals surface area contributed by atoms with Crippen molar-refractivity contribution in [1.29, 1.82) is 0 Å². The molecule has 24 heavy (non-hydrogen) atoms. The number of benzene rings is 1. The standard InChI is InChI=1S/C17H23FN4O2/c1-11-8-13(3)22(21-11)10-12(2)20-17(23)15-9-14(18)4-5-16(15)24-7-6-19/h4-5,8-9,12H,6-7,10,19H2,1-3H3,(H,20,23)/t12-/m1/s1. The summed E-state index contributed by atoms with van der Waals surface area (Å²) in [6, 6.07) is 5.64. The monoisotopic (exact) mass is 334 g/mol. The van der Waals surface area contributed by atoms with Gasteiger partial charge in [0.1, 0.15) is 18.2 Å². The van der Waals surface area contributed by atoms with E-state index in [4.69, 9.17) is 10.5 Å². The Balaban J connectivity index is 2.08. The first-order valence-corrected chi connectivity index (χ1v) is 7.85. The van der Waals surface area contributed by atoms with Crippen molar-refractivity contribution in [2.45, 2.75) is 33.4 Å². The number of amides is 1. The molecule has 0 fully saturated rings. The topological polar surface area (TPSA) is 82.2 Å². The second kappa shape index (κ2) is 7.92. The molecule has 0 bridgehead atoms. The number of nitrogens with zero attached hydrogens (tertiary/aromatic N) is 2. The van der Waals surface area contributed by atoms with Crippen LogP contribution in [0.15, 0.2) is 24.3 Å². The summed E-state index contributed by atoms with van der Waals surface area (Å²) in [7, 11) is 0. The normalized spacial score (nSPS) is 12.0. The van der Waals surface area contributed by atoms with Gasteiger partial charge in [0.15, 0.2) is 0 Å². The molecule has 0 saturated carbocycles. The molecule has 3 N–H and O–H groups in total. The summed E-state index contributed by atoms with van der Waals surface area (Å²) in [5, 5.41) is 7.22. The average Bonchev–Trinajstić information content (AvgIpc) is 2.83. The van der Waals surface area contributed by atoms with Crippen molar-refractivity contribution in [3.05, 3.63) is 47.0 Å². The van der Waals surface area contributed by atoms with E-state index in [1.165, 1.54) is 12.1 Å². The first kappa shape index (κ1) is 17.9. The highest BCUT2D eigenvalue weighted by atomic mass is 19.1. The van der Waals surface area contributed by atoms with E-state index in [0.29, 0.717) is 18.8 Å². The number of hydrogen-bond acceptors (Lipinski definition) is 4. The summed E-state index contributed by atoms with van der Waals surface area (Å²) in [6.07, 6.45) is 0. The molecule has 1 heterocycles. The van der Waals surface area contributed by atoms with Gasteiger partial charge in [-0.1, -0.05) is 0 Å². The lowest BCUT2D eigenvalue weighted by Gasteiger charge is -2.17. The number of aromatic nitrogens is 2. The number of halogens is 1. The molecule has 1 amide bonds. The SMILES string of the molecule is Cc1cc(C)n(C[C@@H](C)NC(=O)c2cc(F)ccc2OCCN)n1. The Morgan fingerprint density at radius 3 is 2.79 bits per heavy atom. The highest BCUT2D eigenvalue weighted by Gasteiger charge is 2.17. The van der Waals surface area contributed by atoms with Crippen molar-refractivity contribution in [3.8, 4) is 5.75 Å². The summed E-state index contributed by atoms with van der Waals surface area (Å²) >= 11 is 0. The summed E-state index contributed by atoms with van der Waals surface area (Å²) in [5.74, 6) is -0.570. The van der Waals surface area contributed by atoms with Gasteiger partial charge >= 0.3 is 0 Å². The molecule has 2 rings (SSSR count). The number of aryl methyl sites for hydroxylation is 2. The van der Waals surface area contributed by atoms with Crippen LogP contribution < -0.4 is 15.8 Å². The summed E-state index contributed by atoms with van der Waals surface area (Å²) in [5.41, 5.74) is 7.51. The van der Waals surface area contributed by atoms with Crippen LogP contribution in [0, 0.1) is 19.7 Å². The first-order chi connectivity index (χ1) is 11.4. The third-order valence-electron chi connectivity index (χ3n) is 3.49. The number of hydrogen-bond donors (Lipinski definition) is 2. The van der Waals surface area contributed by atoms with Gasteiger partial charge in [-0.25, -0.2) is 4.39 Å². The number of carbonyl (C=O) groups is 1. The molecule has 6 nitrogen and oxygen atoms in total. The van der Waals surface area contributed by atoms with Gasteiger partial charge in [0.2, 0.25) is 0 Å². The lowest BCUT2D eigenvalue weighted by atomic mass is 10.1. The summed E-state index contributed by atoms with van der Waals surface area (Å²) in [4.78, 5) is 12.5. The Labute approximate surface area is 140 Å². The fourth-order valence-electron chi connectivity index (χ4n) is 2.44. The highest BCUT2D eigenvalue weighted by molar-refractivity contribution is 5.97. The number of ether oxygens (including phenoxy) is 1. The number of nitrogens with one attached hydrogen (secondary N) is 1. The second-order valence-corrected chi connectivity index (χ2v) is 5.76. The van der Waals surface area contributed by atoms with E-state index in [2.05, 4.69) is 10.4 Å². The van der Waals surface area contributed by atoms with Gasteiger partial charge in [0, 0.05) is 18.3 Å². The molecule has 1 atom stereocenters. The molecule has 0 aliphatic rings. The second-order valence-electron chi connectivity index (χ2n) is 5.76. The number of nitrogens with two attached hydrogens (primary N) is 1. The van der Waals surface area contributed by atoms with Gasteiger partial charge in [0.25, 0.3) is 5.91 Å². The van der Waals surface area contributed by atoms with Crippen LogP contribution >= 0.6 is 0 Å². The number of rotatable bonds is 7. The molecule has 0 unspecified atom stereocenters. The fourth-order valence-corrected chi connectivity index (χ4v) is 2.44. The first-order valence-electron chi connectivity index (χ1n) is 7.85. The van der Waals surface area contributed by atoms with E-state index in [1.54, 1.807) is 0 Å². The van der Waals surface area contributed by atoms with Gasteiger partial charge in [-0.3, -0.25) is 9.48 Å². The Kier molecular flexibility index (Phi) is 5.92. The molecule has 0 saturated heterocycles. The van der Waals surface area contributed by atoms with Gasteiger partial charge in [-0.05, 0) is 45.0 Å². The Morgan fingerprint density at radius 1 is 1.42 bits per heavy atom. The van der Waals surface area contributed by atoms with Gasteiger partial charge < -0.3 is 15.8 Å². The fraction of sp³-hybridized carbons (Fsp3) is 0.412. The zero-order valence-corrected chi connectivity index (χ0v) is 14.2. The van der Waals surface area contributed by atoms with E-state index in [-0.39, 0.29) is 18.2 Å². The Morgan fingerprint density at radius 2 is 2.17 bits per heavy atom. The van der Waals surface area contributed by atoms with Crippen LogP contribution in [0.2, 0.25) is 0 Å². The van der Waals surface area contributed by atoms with Gasteiger partial charge in [-0.2, -0.15) is 5.10 Å². The van der Waals surface area contributed by atoms with E-state index in [0.717, 1.165) is 17.5 Å². The molecule has 1 aromatic heterocycles. The zero-order chi connectivity index (χ0) is 17.7. The van der Waals surface area contributed by atoms with Crippen molar-refractivity contribution >= 4 is 5.91 Å². The quantitative estimate of drug-likeness (QED) is 0.809. The van der Waals surface area contributed by atoms with Crippen molar-refractivity contribution < 1.29 is 13.9 Å². The van der Waals surface area contributed by atoms with Crippen LogP contribution in [0.25, 0.3) is 0 Å². The largest absolute Gasteiger partial charge is 0.491 e. The predicted molar refractivity (Wildman–Crippen MR) is 89.6 cm³/mol. The highest BCUT2D eigenvalue weighted by Crippen LogP contribution is 2.20. The molecule has 130 valence electrons.